The van der Waals surface area contributed by atoms with Crippen LogP contribution in [0.1, 0.15) is 12.5 Å². The Balaban J connectivity index is 0.00000180. The van der Waals surface area contributed by atoms with Gasteiger partial charge in [-0.05, 0) is 25.1 Å². The fourth-order valence-electron chi connectivity index (χ4n) is 2.07. The van der Waals surface area contributed by atoms with Crippen molar-refractivity contribution in [2.75, 3.05) is 20.2 Å². The van der Waals surface area contributed by atoms with Crippen LogP contribution in [0.25, 0.3) is 0 Å². The maximum atomic E-state index is 12.0. The molecule has 0 aliphatic carbocycles. The van der Waals surface area contributed by atoms with Gasteiger partial charge in [0.05, 0.1) is 7.11 Å². The molecule has 106 valence electrons. The number of para-hydroxylation sites is 1. The van der Waals surface area contributed by atoms with Crippen LogP contribution >= 0.6 is 12.4 Å². The predicted octanol–water partition coefficient (Wildman–Crippen LogP) is 1.59. The minimum Gasteiger partial charge on any atom is -0.496 e. The number of benzene rings is 1. The molecule has 1 aromatic carbocycles. The van der Waals surface area contributed by atoms with Crippen LogP contribution in [0.3, 0.4) is 0 Å². The molecule has 1 aromatic rings. The molecule has 1 aliphatic heterocycles. The zero-order chi connectivity index (χ0) is 13.0. The number of carbonyl (C=O) groups is 1. The third kappa shape index (κ3) is 3.85. The smallest absolute Gasteiger partial charge is 0.223 e. The zero-order valence-corrected chi connectivity index (χ0v) is 12.1. The number of methoxy groups -OCH3 is 1. The van der Waals surface area contributed by atoms with E-state index in [1.165, 1.54) is 0 Å². The van der Waals surface area contributed by atoms with E-state index in [1.807, 2.05) is 31.2 Å². The minimum absolute atomic E-state index is 0. The highest BCUT2D eigenvalue weighted by molar-refractivity contribution is 5.85. The van der Waals surface area contributed by atoms with Crippen molar-refractivity contribution in [2.24, 2.45) is 11.8 Å². The summed E-state index contributed by atoms with van der Waals surface area (Å²) in [6.07, 6.45) is 0. The highest BCUT2D eigenvalue weighted by Crippen LogP contribution is 2.18. The number of hydrogen-bond acceptors (Lipinski definition) is 3. The van der Waals surface area contributed by atoms with Crippen molar-refractivity contribution in [1.29, 1.82) is 0 Å². The number of amides is 1. The van der Waals surface area contributed by atoms with Crippen LogP contribution in [-0.4, -0.2) is 26.1 Å². The average molecular weight is 285 g/mol. The molecule has 1 heterocycles. The van der Waals surface area contributed by atoms with E-state index in [0.717, 1.165) is 24.4 Å². The Kier molecular flexibility index (Phi) is 6.12. The molecule has 1 amide bonds. The van der Waals surface area contributed by atoms with Crippen LogP contribution in [0, 0.1) is 11.8 Å². The monoisotopic (exact) mass is 284 g/mol. The van der Waals surface area contributed by atoms with Gasteiger partial charge in [-0.1, -0.05) is 25.1 Å². The van der Waals surface area contributed by atoms with Gasteiger partial charge in [0.25, 0.3) is 0 Å². The summed E-state index contributed by atoms with van der Waals surface area (Å²) in [4.78, 5) is 12.0. The SMILES string of the molecule is COc1ccccc1CNC(=O)C(C)C1CNC1.Cl. The van der Waals surface area contributed by atoms with Crippen molar-refractivity contribution >= 4 is 18.3 Å². The molecule has 19 heavy (non-hydrogen) atoms. The van der Waals surface area contributed by atoms with Gasteiger partial charge in [-0.25, -0.2) is 0 Å². The highest BCUT2D eigenvalue weighted by atomic mass is 35.5. The van der Waals surface area contributed by atoms with Crippen molar-refractivity contribution in [3.63, 3.8) is 0 Å². The van der Waals surface area contributed by atoms with Crippen LogP contribution in [0.4, 0.5) is 0 Å². The van der Waals surface area contributed by atoms with Crippen LogP contribution < -0.4 is 15.4 Å². The maximum Gasteiger partial charge on any atom is 0.223 e. The average Bonchev–Trinajstić information content (AvgIpc) is 2.34. The molecule has 2 N–H and O–H groups in total. The van der Waals surface area contributed by atoms with Crippen molar-refractivity contribution in [3.05, 3.63) is 29.8 Å². The van der Waals surface area contributed by atoms with Gasteiger partial charge in [0.15, 0.2) is 0 Å². The molecule has 1 atom stereocenters. The largest absolute Gasteiger partial charge is 0.496 e. The Morgan fingerprint density at radius 2 is 2.16 bits per heavy atom. The van der Waals surface area contributed by atoms with Gasteiger partial charge in [-0.15, -0.1) is 12.4 Å². The lowest BCUT2D eigenvalue weighted by atomic mass is 9.88. The summed E-state index contributed by atoms with van der Waals surface area (Å²) < 4.78 is 5.26. The van der Waals surface area contributed by atoms with Gasteiger partial charge in [-0.2, -0.15) is 0 Å². The summed E-state index contributed by atoms with van der Waals surface area (Å²) in [6.45, 7) is 4.41. The summed E-state index contributed by atoms with van der Waals surface area (Å²) in [7, 11) is 1.64. The second-order valence-electron chi connectivity index (χ2n) is 4.74. The molecular formula is C14H21ClN2O2. The van der Waals surface area contributed by atoms with Crippen molar-refractivity contribution in [1.82, 2.24) is 10.6 Å². The fraction of sp³-hybridized carbons (Fsp3) is 0.500. The number of halogens is 1. The summed E-state index contributed by atoms with van der Waals surface area (Å²) in [6, 6.07) is 7.74. The van der Waals surface area contributed by atoms with Crippen LogP contribution in [0.5, 0.6) is 5.75 Å². The summed E-state index contributed by atoms with van der Waals surface area (Å²) >= 11 is 0. The first kappa shape index (κ1) is 15.8. The summed E-state index contributed by atoms with van der Waals surface area (Å²) in [5.74, 6) is 1.48. The lowest BCUT2D eigenvalue weighted by Crippen LogP contribution is -2.49. The number of ether oxygens (including phenoxy) is 1. The van der Waals surface area contributed by atoms with Gasteiger partial charge >= 0.3 is 0 Å². The Bertz CT molecular complexity index is 422. The Labute approximate surface area is 120 Å². The first-order valence-corrected chi connectivity index (χ1v) is 6.32. The number of carbonyl (C=O) groups excluding carboxylic acids is 1. The second kappa shape index (κ2) is 7.36. The molecule has 1 unspecified atom stereocenters. The van der Waals surface area contributed by atoms with Gasteiger partial charge in [-0.3, -0.25) is 4.79 Å². The van der Waals surface area contributed by atoms with Crippen molar-refractivity contribution in [3.8, 4) is 5.75 Å². The molecule has 0 spiro atoms. The lowest BCUT2D eigenvalue weighted by molar-refractivity contribution is -0.126. The molecule has 5 heteroatoms. The Morgan fingerprint density at radius 1 is 1.47 bits per heavy atom. The van der Waals surface area contributed by atoms with Crippen LogP contribution in [-0.2, 0) is 11.3 Å². The summed E-state index contributed by atoms with van der Waals surface area (Å²) in [5, 5.41) is 6.16. The predicted molar refractivity (Wildman–Crippen MR) is 77.6 cm³/mol. The quantitative estimate of drug-likeness (QED) is 0.863. The van der Waals surface area contributed by atoms with Crippen LogP contribution in [0.2, 0.25) is 0 Å². The van der Waals surface area contributed by atoms with Gasteiger partial charge in [0.2, 0.25) is 5.91 Å². The van der Waals surface area contributed by atoms with E-state index in [1.54, 1.807) is 7.11 Å². The molecule has 2 rings (SSSR count). The fourth-order valence-corrected chi connectivity index (χ4v) is 2.07. The number of rotatable bonds is 5. The van der Waals surface area contributed by atoms with Crippen molar-refractivity contribution in [2.45, 2.75) is 13.5 Å². The molecule has 0 bridgehead atoms. The molecule has 1 aliphatic rings. The van der Waals surface area contributed by atoms with Gasteiger partial charge in [0.1, 0.15) is 5.75 Å². The van der Waals surface area contributed by atoms with E-state index in [0.29, 0.717) is 12.5 Å². The van der Waals surface area contributed by atoms with Crippen molar-refractivity contribution < 1.29 is 9.53 Å². The molecule has 0 saturated carbocycles. The first-order valence-electron chi connectivity index (χ1n) is 6.32. The van der Waals surface area contributed by atoms with Gasteiger partial charge < -0.3 is 15.4 Å². The third-order valence-electron chi connectivity index (χ3n) is 3.58. The molecule has 4 nitrogen and oxygen atoms in total. The second-order valence-corrected chi connectivity index (χ2v) is 4.74. The normalized spacial score (nSPS) is 15.9. The number of nitrogens with one attached hydrogen (secondary N) is 2. The standard InChI is InChI=1S/C14H20N2O2.ClH/c1-10(12-7-15-8-12)14(17)16-9-11-5-3-4-6-13(11)18-2;/h3-6,10,12,15H,7-9H2,1-2H3,(H,16,17);1H. The van der Waals surface area contributed by atoms with E-state index < -0.39 is 0 Å². The molecule has 1 fully saturated rings. The maximum absolute atomic E-state index is 12.0. The molecule has 1 saturated heterocycles. The Hall–Kier alpha value is -1.26. The van der Waals surface area contributed by atoms with Crippen LogP contribution in [0.15, 0.2) is 24.3 Å². The lowest BCUT2D eigenvalue weighted by Gasteiger charge is -2.31. The number of hydrogen-bond donors (Lipinski definition) is 2. The van der Waals surface area contributed by atoms with E-state index in [4.69, 9.17) is 4.74 Å². The van der Waals surface area contributed by atoms with Gasteiger partial charge in [0, 0.05) is 18.0 Å². The topological polar surface area (TPSA) is 50.4 Å². The zero-order valence-electron chi connectivity index (χ0n) is 11.3. The molecule has 0 aromatic heterocycles. The third-order valence-corrected chi connectivity index (χ3v) is 3.58. The minimum atomic E-state index is 0. The molecular weight excluding hydrogens is 264 g/mol. The van der Waals surface area contributed by atoms with E-state index in [2.05, 4.69) is 10.6 Å². The van der Waals surface area contributed by atoms with E-state index >= 15 is 0 Å². The van der Waals surface area contributed by atoms with E-state index in [9.17, 15) is 4.79 Å². The molecule has 0 radical (unpaired) electrons. The Morgan fingerprint density at radius 3 is 2.74 bits per heavy atom. The summed E-state index contributed by atoms with van der Waals surface area (Å²) in [5.41, 5.74) is 1.01. The van der Waals surface area contributed by atoms with E-state index in [-0.39, 0.29) is 24.2 Å². The first-order chi connectivity index (χ1) is 8.72. The highest BCUT2D eigenvalue weighted by Gasteiger charge is 2.28.